The van der Waals surface area contributed by atoms with E-state index in [2.05, 4.69) is 10.5 Å². The minimum absolute atomic E-state index is 0.295. The van der Waals surface area contributed by atoms with Gasteiger partial charge in [0, 0.05) is 5.39 Å². The highest BCUT2D eigenvalue weighted by molar-refractivity contribution is 5.92. The van der Waals surface area contributed by atoms with Gasteiger partial charge in [-0.05, 0) is 61.2 Å². The second-order valence-corrected chi connectivity index (χ2v) is 7.87. The lowest BCUT2D eigenvalue weighted by atomic mass is 10.1. The first-order valence-electron chi connectivity index (χ1n) is 11.6. The van der Waals surface area contributed by atoms with Gasteiger partial charge in [-0.2, -0.15) is 5.10 Å². The molecule has 4 aromatic rings. The fraction of sp³-hybridized carbons (Fsp3) is 0.138. The molecule has 0 radical (unpaired) electrons. The molecule has 0 unspecified atom stereocenters. The summed E-state index contributed by atoms with van der Waals surface area (Å²) in [7, 11) is 0. The van der Waals surface area contributed by atoms with Crippen LogP contribution < -0.4 is 19.6 Å². The van der Waals surface area contributed by atoms with Crippen molar-refractivity contribution in [1.82, 2.24) is 5.43 Å². The SMILES string of the molecule is CCOc1cc(/C=N\NC(=O)[C@H](C)Oc2cccc3ccccc23)ccc1OC(=O)c1ccccc1. The predicted molar refractivity (Wildman–Crippen MR) is 139 cm³/mol. The molecular weight excluding hydrogens is 456 g/mol. The quantitative estimate of drug-likeness (QED) is 0.150. The van der Waals surface area contributed by atoms with Crippen LogP contribution in [0.3, 0.4) is 0 Å². The number of hydrogen-bond acceptors (Lipinski definition) is 6. The van der Waals surface area contributed by atoms with E-state index in [0.29, 0.717) is 35.0 Å². The predicted octanol–water partition coefficient (Wildman–Crippen LogP) is 5.38. The molecule has 0 aliphatic carbocycles. The van der Waals surface area contributed by atoms with Crippen LogP contribution in [0.15, 0.2) is 96.1 Å². The van der Waals surface area contributed by atoms with Crippen LogP contribution in [-0.2, 0) is 4.79 Å². The maximum atomic E-state index is 12.5. The van der Waals surface area contributed by atoms with Crippen molar-refractivity contribution in [3.63, 3.8) is 0 Å². The molecule has 0 saturated carbocycles. The Balaban J connectivity index is 1.39. The fourth-order valence-corrected chi connectivity index (χ4v) is 3.49. The van der Waals surface area contributed by atoms with Gasteiger partial charge in [-0.3, -0.25) is 4.79 Å². The fourth-order valence-electron chi connectivity index (χ4n) is 3.49. The lowest BCUT2D eigenvalue weighted by molar-refractivity contribution is -0.127. The van der Waals surface area contributed by atoms with Crippen LogP contribution in [0, 0.1) is 0 Å². The van der Waals surface area contributed by atoms with Crippen LogP contribution in [0.1, 0.15) is 29.8 Å². The summed E-state index contributed by atoms with van der Waals surface area (Å²) in [6.07, 6.45) is 0.722. The van der Waals surface area contributed by atoms with E-state index in [0.717, 1.165) is 10.8 Å². The van der Waals surface area contributed by atoms with Crippen LogP contribution in [0.2, 0.25) is 0 Å². The molecule has 0 aromatic heterocycles. The molecule has 0 saturated heterocycles. The first kappa shape index (κ1) is 24.5. The lowest BCUT2D eigenvalue weighted by Gasteiger charge is -2.14. The smallest absolute Gasteiger partial charge is 0.343 e. The van der Waals surface area contributed by atoms with E-state index in [1.165, 1.54) is 6.21 Å². The summed E-state index contributed by atoms with van der Waals surface area (Å²) >= 11 is 0. The molecule has 1 amide bonds. The summed E-state index contributed by atoms with van der Waals surface area (Å²) in [6.45, 7) is 3.88. The Kier molecular flexibility index (Phi) is 7.93. The Labute approximate surface area is 209 Å². The van der Waals surface area contributed by atoms with Crippen LogP contribution in [-0.4, -0.2) is 30.8 Å². The summed E-state index contributed by atoms with van der Waals surface area (Å²) in [4.78, 5) is 24.9. The van der Waals surface area contributed by atoms with Crippen molar-refractivity contribution >= 4 is 28.9 Å². The van der Waals surface area contributed by atoms with Gasteiger partial charge >= 0.3 is 5.97 Å². The topological polar surface area (TPSA) is 86.2 Å². The van der Waals surface area contributed by atoms with Gasteiger partial charge in [-0.15, -0.1) is 0 Å². The number of carbonyl (C=O) groups excluding carboxylic acids is 2. The summed E-state index contributed by atoms with van der Waals surface area (Å²) in [5.74, 6) is 0.443. The number of ether oxygens (including phenoxy) is 3. The molecule has 0 heterocycles. The molecule has 36 heavy (non-hydrogen) atoms. The van der Waals surface area contributed by atoms with E-state index in [1.807, 2.05) is 55.5 Å². The molecule has 0 aliphatic rings. The summed E-state index contributed by atoms with van der Waals surface area (Å²) < 4.78 is 17.0. The van der Waals surface area contributed by atoms with E-state index in [4.69, 9.17) is 14.2 Å². The number of benzene rings is 4. The number of nitrogens with one attached hydrogen (secondary N) is 1. The molecule has 4 aromatic carbocycles. The first-order chi connectivity index (χ1) is 17.5. The van der Waals surface area contributed by atoms with Crippen LogP contribution in [0.4, 0.5) is 0 Å². The molecule has 1 atom stereocenters. The highest BCUT2D eigenvalue weighted by Gasteiger charge is 2.16. The highest BCUT2D eigenvalue weighted by Crippen LogP contribution is 2.29. The Morgan fingerprint density at radius 3 is 2.44 bits per heavy atom. The van der Waals surface area contributed by atoms with Crippen molar-refractivity contribution in [3.8, 4) is 17.2 Å². The second-order valence-electron chi connectivity index (χ2n) is 7.87. The first-order valence-corrected chi connectivity index (χ1v) is 11.6. The van der Waals surface area contributed by atoms with Crippen molar-refractivity contribution < 1.29 is 23.8 Å². The average molecular weight is 483 g/mol. The number of nitrogens with zero attached hydrogens (tertiary/aromatic N) is 1. The van der Waals surface area contributed by atoms with E-state index in [-0.39, 0.29) is 0 Å². The summed E-state index contributed by atoms with van der Waals surface area (Å²) in [5.41, 5.74) is 3.59. The van der Waals surface area contributed by atoms with Gasteiger partial charge in [0.05, 0.1) is 18.4 Å². The molecule has 4 rings (SSSR count). The molecule has 0 fully saturated rings. The molecule has 7 heteroatoms. The Bertz CT molecular complexity index is 1380. The van der Waals surface area contributed by atoms with Crippen LogP contribution >= 0.6 is 0 Å². The Hall–Kier alpha value is -4.65. The van der Waals surface area contributed by atoms with Gasteiger partial charge in [0.25, 0.3) is 5.91 Å². The maximum absolute atomic E-state index is 12.5. The molecule has 7 nitrogen and oxygen atoms in total. The number of rotatable bonds is 9. The standard InChI is InChI=1S/C29H26N2O5/c1-3-34-27-18-21(16-17-26(27)36-29(33)23-11-5-4-6-12-23)19-30-31-28(32)20(2)35-25-15-9-13-22-10-7-8-14-24(22)25/h4-20H,3H2,1-2H3,(H,31,32)/b30-19-/t20-/m0/s1. The number of esters is 1. The average Bonchev–Trinajstić information content (AvgIpc) is 2.91. The number of amides is 1. The summed E-state index contributed by atoms with van der Waals surface area (Å²) in [6, 6.07) is 27.2. The van der Waals surface area contributed by atoms with Crippen LogP contribution in [0.25, 0.3) is 10.8 Å². The number of hydrogen-bond donors (Lipinski definition) is 1. The highest BCUT2D eigenvalue weighted by atomic mass is 16.6. The largest absolute Gasteiger partial charge is 0.490 e. The molecule has 182 valence electrons. The van der Waals surface area contributed by atoms with Crippen molar-refractivity contribution in [2.75, 3.05) is 6.61 Å². The molecule has 1 N–H and O–H groups in total. The zero-order valence-electron chi connectivity index (χ0n) is 20.0. The zero-order valence-corrected chi connectivity index (χ0v) is 20.0. The molecular formula is C29H26N2O5. The van der Waals surface area contributed by atoms with E-state index in [9.17, 15) is 9.59 Å². The van der Waals surface area contributed by atoms with Gasteiger partial charge in [0.15, 0.2) is 17.6 Å². The Morgan fingerprint density at radius 1 is 0.889 bits per heavy atom. The second kappa shape index (κ2) is 11.7. The molecule has 0 bridgehead atoms. The van der Waals surface area contributed by atoms with Crippen molar-refractivity contribution in [3.05, 3.63) is 102 Å². The third-order valence-electron chi connectivity index (χ3n) is 5.29. The van der Waals surface area contributed by atoms with E-state index in [1.54, 1.807) is 49.4 Å². The van der Waals surface area contributed by atoms with Gasteiger partial charge in [0.1, 0.15) is 5.75 Å². The van der Waals surface area contributed by atoms with E-state index >= 15 is 0 Å². The molecule has 0 aliphatic heterocycles. The van der Waals surface area contributed by atoms with Crippen molar-refractivity contribution in [2.24, 2.45) is 5.10 Å². The zero-order chi connectivity index (χ0) is 25.3. The Morgan fingerprint density at radius 2 is 1.64 bits per heavy atom. The maximum Gasteiger partial charge on any atom is 0.343 e. The third-order valence-corrected chi connectivity index (χ3v) is 5.29. The van der Waals surface area contributed by atoms with Gasteiger partial charge in [0.2, 0.25) is 0 Å². The van der Waals surface area contributed by atoms with Gasteiger partial charge < -0.3 is 14.2 Å². The van der Waals surface area contributed by atoms with Gasteiger partial charge in [-0.1, -0.05) is 54.6 Å². The molecule has 0 spiro atoms. The lowest BCUT2D eigenvalue weighted by Crippen LogP contribution is -2.33. The third kappa shape index (κ3) is 6.07. The van der Waals surface area contributed by atoms with Crippen molar-refractivity contribution in [1.29, 1.82) is 0 Å². The van der Waals surface area contributed by atoms with E-state index < -0.39 is 18.0 Å². The minimum Gasteiger partial charge on any atom is -0.490 e. The van der Waals surface area contributed by atoms with Crippen LogP contribution in [0.5, 0.6) is 17.2 Å². The summed E-state index contributed by atoms with van der Waals surface area (Å²) in [5, 5.41) is 6.00. The van der Waals surface area contributed by atoms with Gasteiger partial charge in [-0.25, -0.2) is 10.2 Å². The number of hydrazone groups is 1. The number of fused-ring (bicyclic) bond motifs is 1. The van der Waals surface area contributed by atoms with Crippen molar-refractivity contribution in [2.45, 2.75) is 20.0 Å². The number of carbonyl (C=O) groups is 2. The normalized spacial score (nSPS) is 11.7. The monoisotopic (exact) mass is 482 g/mol. The minimum atomic E-state index is -0.758.